The molecule has 8 nitrogen and oxygen atoms in total. The molecule has 1 saturated heterocycles. The van der Waals surface area contributed by atoms with Gasteiger partial charge < -0.3 is 10.2 Å². The minimum absolute atomic E-state index is 0.0387. The van der Waals surface area contributed by atoms with Crippen molar-refractivity contribution in [3.8, 4) is 11.1 Å². The monoisotopic (exact) mass is 465 g/mol. The molecule has 0 atom stereocenters. The van der Waals surface area contributed by atoms with Crippen LogP contribution in [0.25, 0.3) is 16.6 Å². The molecule has 30 heavy (non-hydrogen) atoms. The molecule has 0 saturated carbocycles. The number of hydrogen-bond acceptors (Lipinski definition) is 5. The normalized spacial score (nSPS) is 14.1. The number of aromatic nitrogens is 5. The van der Waals surface area contributed by atoms with Gasteiger partial charge in [0.25, 0.3) is 0 Å². The van der Waals surface area contributed by atoms with Gasteiger partial charge in [0, 0.05) is 54.7 Å². The summed E-state index contributed by atoms with van der Waals surface area (Å²) < 4.78 is 4.63. The van der Waals surface area contributed by atoms with Crippen molar-refractivity contribution < 1.29 is 4.79 Å². The highest BCUT2D eigenvalue weighted by molar-refractivity contribution is 9.10. The van der Waals surface area contributed by atoms with Crippen LogP contribution in [0.5, 0.6) is 0 Å². The van der Waals surface area contributed by atoms with E-state index in [1.54, 1.807) is 11.0 Å². The third kappa shape index (κ3) is 3.56. The molecule has 4 aromatic rings. The van der Waals surface area contributed by atoms with Gasteiger partial charge >= 0.3 is 0 Å². The summed E-state index contributed by atoms with van der Waals surface area (Å²) >= 11 is 3.42. The lowest BCUT2D eigenvalue weighted by Crippen LogP contribution is -2.54. The summed E-state index contributed by atoms with van der Waals surface area (Å²) in [4.78, 5) is 19.1. The van der Waals surface area contributed by atoms with E-state index in [-0.39, 0.29) is 11.8 Å². The van der Waals surface area contributed by atoms with Gasteiger partial charge in [-0.05, 0) is 23.8 Å². The fourth-order valence-electron chi connectivity index (χ4n) is 3.64. The highest BCUT2D eigenvalue weighted by atomic mass is 79.9. The summed E-state index contributed by atoms with van der Waals surface area (Å²) in [5.41, 5.74) is 4.07. The average Bonchev–Trinajstić information content (AvgIpc) is 3.33. The van der Waals surface area contributed by atoms with Crippen LogP contribution in [0.2, 0.25) is 0 Å². The van der Waals surface area contributed by atoms with Crippen LogP contribution in [0, 0.1) is 5.92 Å². The number of carbonyl (C=O) groups excluding carboxylic acids is 1. The number of nitrogens with one attached hydrogen (secondary N) is 1. The highest BCUT2D eigenvalue weighted by Crippen LogP contribution is 2.30. The lowest BCUT2D eigenvalue weighted by atomic mass is 9.99. The molecule has 152 valence electrons. The van der Waals surface area contributed by atoms with E-state index in [0.29, 0.717) is 19.6 Å². The van der Waals surface area contributed by atoms with Crippen LogP contribution in [0.4, 0.5) is 5.82 Å². The largest absolute Gasteiger partial charge is 0.353 e. The summed E-state index contributed by atoms with van der Waals surface area (Å²) in [6.45, 7) is 1.83. The molecular formula is C21H20BrN7O. The molecule has 5 rings (SSSR count). The molecule has 0 bridgehead atoms. The molecule has 0 unspecified atom stereocenters. The zero-order valence-electron chi connectivity index (χ0n) is 16.4. The van der Waals surface area contributed by atoms with Gasteiger partial charge in [-0.3, -0.25) is 9.48 Å². The predicted octanol–water partition coefficient (Wildman–Crippen LogP) is 2.64. The number of nitrogens with zero attached hydrogens (tertiary/aromatic N) is 6. The smallest absolute Gasteiger partial charge is 0.226 e. The second-order valence-electron chi connectivity index (χ2n) is 7.49. The number of anilines is 1. The van der Waals surface area contributed by atoms with Gasteiger partial charge in [-0.1, -0.05) is 28.1 Å². The van der Waals surface area contributed by atoms with E-state index < -0.39 is 0 Å². The third-order valence-corrected chi connectivity index (χ3v) is 5.88. The van der Waals surface area contributed by atoms with Crippen LogP contribution >= 0.6 is 15.9 Å². The average molecular weight is 466 g/mol. The molecule has 1 amide bonds. The molecule has 4 heterocycles. The Balaban J connectivity index is 1.25. The van der Waals surface area contributed by atoms with E-state index in [4.69, 9.17) is 0 Å². The Bertz CT molecular complexity index is 1210. The first-order valence-electron chi connectivity index (χ1n) is 9.66. The number of carbonyl (C=O) groups is 1. The van der Waals surface area contributed by atoms with Gasteiger partial charge in [-0.2, -0.15) is 10.2 Å². The van der Waals surface area contributed by atoms with Crippen molar-refractivity contribution >= 4 is 33.2 Å². The van der Waals surface area contributed by atoms with Gasteiger partial charge in [0.15, 0.2) is 5.82 Å². The number of benzene rings is 1. The maximum atomic E-state index is 12.5. The topological polar surface area (TPSA) is 80.4 Å². The molecule has 1 aliphatic heterocycles. The van der Waals surface area contributed by atoms with Crippen molar-refractivity contribution in [1.82, 2.24) is 29.7 Å². The Morgan fingerprint density at radius 2 is 1.97 bits per heavy atom. The van der Waals surface area contributed by atoms with Crippen molar-refractivity contribution in [3.63, 3.8) is 0 Å². The summed E-state index contributed by atoms with van der Waals surface area (Å²) in [5, 5.41) is 11.6. The third-order valence-electron chi connectivity index (χ3n) is 5.36. The minimum Gasteiger partial charge on any atom is -0.353 e. The molecule has 1 fully saturated rings. The van der Waals surface area contributed by atoms with Crippen LogP contribution < -0.4 is 10.2 Å². The van der Waals surface area contributed by atoms with Gasteiger partial charge in [0.1, 0.15) is 11.8 Å². The van der Waals surface area contributed by atoms with E-state index >= 15 is 0 Å². The molecule has 9 heteroatoms. The molecule has 3 aromatic heterocycles. The van der Waals surface area contributed by atoms with Gasteiger partial charge in [-0.25, -0.2) is 9.50 Å². The summed E-state index contributed by atoms with van der Waals surface area (Å²) in [7, 11) is 1.90. The second-order valence-corrected chi connectivity index (χ2v) is 8.41. The first-order chi connectivity index (χ1) is 14.6. The van der Waals surface area contributed by atoms with Crippen molar-refractivity contribution in [2.24, 2.45) is 13.0 Å². The van der Waals surface area contributed by atoms with Crippen molar-refractivity contribution in [2.75, 3.05) is 18.0 Å². The van der Waals surface area contributed by atoms with Gasteiger partial charge in [-0.15, -0.1) is 0 Å². The Labute approximate surface area is 181 Å². The molecule has 1 aromatic carbocycles. The molecular weight excluding hydrogens is 446 g/mol. The number of amides is 1. The fourth-order valence-corrected chi connectivity index (χ4v) is 3.91. The molecule has 1 aliphatic rings. The number of halogens is 1. The first-order valence-corrected chi connectivity index (χ1v) is 10.5. The summed E-state index contributed by atoms with van der Waals surface area (Å²) in [6.07, 6.45) is 7.32. The van der Waals surface area contributed by atoms with Crippen LogP contribution in [-0.4, -0.2) is 43.4 Å². The lowest BCUT2D eigenvalue weighted by molar-refractivity contribution is -0.125. The first kappa shape index (κ1) is 18.8. The Kier molecular flexibility index (Phi) is 4.74. The molecule has 0 aliphatic carbocycles. The Hall–Kier alpha value is -3.20. The SMILES string of the molecule is Cn1cc(-c2cc3c(N4CC(C(=O)NCc5ccc(Br)cc5)C4)ncnn3c2)cn1. The van der Waals surface area contributed by atoms with Crippen LogP contribution in [-0.2, 0) is 18.4 Å². The van der Waals surface area contributed by atoms with Crippen molar-refractivity contribution in [2.45, 2.75) is 6.54 Å². The maximum absolute atomic E-state index is 12.5. The zero-order valence-corrected chi connectivity index (χ0v) is 18.0. The maximum Gasteiger partial charge on any atom is 0.226 e. The van der Waals surface area contributed by atoms with Crippen LogP contribution in [0.1, 0.15) is 5.56 Å². The number of hydrogen-bond donors (Lipinski definition) is 1. The van der Waals surface area contributed by atoms with E-state index in [2.05, 4.69) is 47.4 Å². The Morgan fingerprint density at radius 3 is 2.70 bits per heavy atom. The quantitative estimate of drug-likeness (QED) is 0.489. The number of rotatable bonds is 5. The second kappa shape index (κ2) is 7.56. The van der Waals surface area contributed by atoms with Crippen LogP contribution in [0.3, 0.4) is 0 Å². The highest BCUT2D eigenvalue weighted by Gasteiger charge is 2.34. The summed E-state index contributed by atoms with van der Waals surface area (Å²) in [6, 6.07) is 10.0. The van der Waals surface area contributed by atoms with E-state index in [0.717, 1.165) is 32.5 Å². The standard InChI is InChI=1S/C21H20BrN7O/c1-27-9-16(8-25-27)15-6-19-20(24-13-26-29(19)12-15)28-10-17(11-28)21(30)23-7-14-2-4-18(22)5-3-14/h2-6,8-9,12-13,17H,7,10-11H2,1H3,(H,23,30). The molecule has 0 radical (unpaired) electrons. The predicted molar refractivity (Wildman–Crippen MR) is 117 cm³/mol. The molecule has 0 spiro atoms. The Morgan fingerprint density at radius 1 is 1.17 bits per heavy atom. The lowest BCUT2D eigenvalue weighted by Gasteiger charge is -2.39. The minimum atomic E-state index is -0.0387. The van der Waals surface area contributed by atoms with E-state index in [1.807, 2.05) is 54.4 Å². The van der Waals surface area contributed by atoms with Crippen molar-refractivity contribution in [1.29, 1.82) is 0 Å². The van der Waals surface area contributed by atoms with Crippen molar-refractivity contribution in [3.05, 3.63) is 65.3 Å². The summed E-state index contributed by atoms with van der Waals surface area (Å²) in [5.74, 6) is 0.881. The van der Waals surface area contributed by atoms with E-state index in [1.165, 1.54) is 0 Å². The molecule has 1 N–H and O–H groups in total. The van der Waals surface area contributed by atoms with E-state index in [9.17, 15) is 4.79 Å². The zero-order chi connectivity index (χ0) is 20.7. The number of fused-ring (bicyclic) bond motifs is 1. The fraction of sp³-hybridized carbons (Fsp3) is 0.238. The van der Waals surface area contributed by atoms with Gasteiger partial charge in [0.05, 0.1) is 12.1 Å². The van der Waals surface area contributed by atoms with Crippen LogP contribution in [0.15, 0.2) is 59.7 Å². The van der Waals surface area contributed by atoms with Gasteiger partial charge in [0.2, 0.25) is 5.91 Å². The number of aryl methyl sites for hydroxylation is 1.